The van der Waals surface area contributed by atoms with E-state index in [2.05, 4.69) is 45.0 Å². The van der Waals surface area contributed by atoms with Crippen molar-refractivity contribution in [3.8, 4) is 0 Å². The molecule has 2 rings (SSSR count). The van der Waals surface area contributed by atoms with Crippen molar-refractivity contribution in [2.75, 3.05) is 0 Å². The molecule has 0 spiro atoms. The first-order valence-corrected chi connectivity index (χ1v) is 19.4. The molecule has 1 aromatic heterocycles. The van der Waals surface area contributed by atoms with E-state index in [1.165, 1.54) is 62.5 Å². The maximum absolute atomic E-state index is 12.4. The summed E-state index contributed by atoms with van der Waals surface area (Å²) in [5.74, 6) is -0.466. The molecular weight excluding hydrogens is 493 g/mol. The Balaban J connectivity index is 2.14. The van der Waals surface area contributed by atoms with E-state index in [0.29, 0.717) is 0 Å². The van der Waals surface area contributed by atoms with Crippen LogP contribution in [-0.2, 0) is 18.4 Å². The van der Waals surface area contributed by atoms with E-state index in [1.54, 1.807) is 22.8 Å². The van der Waals surface area contributed by atoms with E-state index in [-0.39, 0.29) is 17.9 Å². The van der Waals surface area contributed by atoms with Gasteiger partial charge in [0.05, 0.1) is 0 Å². The summed E-state index contributed by atoms with van der Waals surface area (Å²) in [5.41, 5.74) is 1.06. The number of unbranched alkanes of at least 4 members (excludes halogenated alkanes) is 3. The predicted molar refractivity (Wildman–Crippen MR) is 132 cm³/mol. The van der Waals surface area contributed by atoms with Crippen LogP contribution in [0.1, 0.15) is 75.3 Å². The molecule has 4 nitrogen and oxygen atoms in total. The number of pyridine rings is 1. The van der Waals surface area contributed by atoms with Gasteiger partial charge in [-0.1, -0.05) is 0 Å². The average molecular weight is 532 g/mol. The van der Waals surface area contributed by atoms with Gasteiger partial charge in [0.2, 0.25) is 0 Å². The monoisotopic (exact) mass is 533 g/mol. The van der Waals surface area contributed by atoms with Crippen LogP contribution in [0.3, 0.4) is 0 Å². The molecule has 170 valence electrons. The van der Waals surface area contributed by atoms with E-state index < -0.39 is 24.3 Å². The zero-order chi connectivity index (χ0) is 22.7. The van der Waals surface area contributed by atoms with E-state index in [9.17, 15) is 9.59 Å². The SMILES string of the molecule is CCC[CH2][Sn]([CH2]CCC)([CH2]CCC)[c]1ccc(COC(=O)c2cccc(=O)n2C)cc1. The van der Waals surface area contributed by atoms with Crippen molar-refractivity contribution in [1.29, 1.82) is 0 Å². The summed E-state index contributed by atoms with van der Waals surface area (Å²) in [7, 11) is 1.59. The van der Waals surface area contributed by atoms with Gasteiger partial charge in [0.1, 0.15) is 0 Å². The Morgan fingerprint density at radius 2 is 1.42 bits per heavy atom. The first-order valence-electron chi connectivity index (χ1n) is 11.9. The molecule has 0 saturated heterocycles. The zero-order valence-electron chi connectivity index (χ0n) is 19.8. The molecule has 0 bridgehead atoms. The second-order valence-electron chi connectivity index (χ2n) is 8.67. The molecule has 0 radical (unpaired) electrons. The fourth-order valence-corrected chi connectivity index (χ4v) is 20.2. The Kier molecular flexibility index (Phi) is 10.9. The van der Waals surface area contributed by atoms with Crippen LogP contribution in [0.5, 0.6) is 0 Å². The molecule has 0 aliphatic carbocycles. The van der Waals surface area contributed by atoms with Crippen LogP contribution in [0.4, 0.5) is 0 Å². The number of benzene rings is 1. The molecule has 0 N–H and O–H groups in total. The third kappa shape index (κ3) is 7.23. The van der Waals surface area contributed by atoms with Gasteiger partial charge in [0.25, 0.3) is 0 Å². The molecular formula is C26H39NO3Sn. The predicted octanol–water partition coefficient (Wildman–Crippen LogP) is 5.80. The summed E-state index contributed by atoms with van der Waals surface area (Å²) in [6, 6.07) is 13.6. The van der Waals surface area contributed by atoms with Gasteiger partial charge in [0, 0.05) is 0 Å². The topological polar surface area (TPSA) is 48.3 Å². The van der Waals surface area contributed by atoms with Crippen LogP contribution in [0.15, 0.2) is 47.3 Å². The quantitative estimate of drug-likeness (QED) is 0.242. The van der Waals surface area contributed by atoms with Crippen LogP contribution >= 0.6 is 0 Å². The van der Waals surface area contributed by atoms with Gasteiger partial charge >= 0.3 is 192 Å². The van der Waals surface area contributed by atoms with Crippen LogP contribution < -0.4 is 9.14 Å². The van der Waals surface area contributed by atoms with Crippen molar-refractivity contribution < 1.29 is 9.53 Å². The number of nitrogens with zero attached hydrogens (tertiary/aromatic N) is 1. The van der Waals surface area contributed by atoms with Gasteiger partial charge in [-0.2, -0.15) is 0 Å². The van der Waals surface area contributed by atoms with E-state index >= 15 is 0 Å². The summed E-state index contributed by atoms with van der Waals surface area (Å²) in [6.45, 7) is 7.13. The van der Waals surface area contributed by atoms with E-state index in [4.69, 9.17) is 4.74 Å². The molecule has 1 heterocycles. The van der Waals surface area contributed by atoms with Crippen molar-refractivity contribution in [3.05, 3.63) is 64.1 Å². The third-order valence-corrected chi connectivity index (χ3v) is 22.0. The van der Waals surface area contributed by atoms with Crippen molar-refractivity contribution in [2.45, 2.75) is 79.2 Å². The molecule has 1 aromatic carbocycles. The minimum atomic E-state index is -2.42. The number of aromatic nitrogens is 1. The summed E-state index contributed by atoms with van der Waals surface area (Å²) >= 11 is -2.42. The van der Waals surface area contributed by atoms with Gasteiger partial charge < -0.3 is 0 Å². The van der Waals surface area contributed by atoms with E-state index in [1.807, 2.05) is 0 Å². The fraction of sp³-hybridized carbons (Fsp3) is 0.538. The normalized spacial score (nSPS) is 11.5. The summed E-state index contributed by atoms with van der Waals surface area (Å²) in [6.07, 6.45) is 7.85. The number of carbonyl (C=O) groups is 1. The second-order valence-corrected chi connectivity index (χ2v) is 21.9. The number of hydrogen-bond donors (Lipinski definition) is 0. The molecule has 0 aliphatic rings. The Labute approximate surface area is 191 Å². The van der Waals surface area contributed by atoms with Gasteiger partial charge in [-0.15, -0.1) is 0 Å². The zero-order valence-corrected chi connectivity index (χ0v) is 22.6. The second kappa shape index (κ2) is 13.1. The van der Waals surface area contributed by atoms with Crippen LogP contribution in [0.25, 0.3) is 0 Å². The summed E-state index contributed by atoms with van der Waals surface area (Å²) in [5, 5.41) is 0. The molecule has 0 amide bonds. The molecule has 0 atom stereocenters. The Hall–Kier alpha value is -1.56. The molecule has 5 heteroatoms. The standard InChI is InChI=1S/C14H12NO3.3C4H9.Sn/c1-15-12(8-5-9-13(15)16)14(17)18-10-11-6-3-2-4-7-11;3*1-3-4-2;/h3-9H,10H2,1H3;3*1,3-4H2,2H3;. The Morgan fingerprint density at radius 3 is 1.94 bits per heavy atom. The van der Waals surface area contributed by atoms with Crippen molar-refractivity contribution in [1.82, 2.24) is 4.57 Å². The molecule has 2 aromatic rings. The van der Waals surface area contributed by atoms with Crippen molar-refractivity contribution >= 4 is 27.9 Å². The third-order valence-electron chi connectivity index (χ3n) is 6.36. The first-order chi connectivity index (χ1) is 15.0. The van der Waals surface area contributed by atoms with Crippen molar-refractivity contribution in [3.63, 3.8) is 0 Å². The van der Waals surface area contributed by atoms with Gasteiger partial charge in [-0.05, 0) is 0 Å². The van der Waals surface area contributed by atoms with E-state index in [0.717, 1.165) is 5.56 Å². The first kappa shape index (κ1) is 25.7. The maximum atomic E-state index is 12.4. The van der Waals surface area contributed by atoms with Gasteiger partial charge in [-0.25, -0.2) is 0 Å². The summed E-state index contributed by atoms with van der Waals surface area (Å²) in [4.78, 5) is 24.1. The number of ether oxygens (including phenoxy) is 1. The van der Waals surface area contributed by atoms with Gasteiger partial charge in [-0.3, -0.25) is 0 Å². The van der Waals surface area contributed by atoms with Crippen LogP contribution in [0, 0.1) is 0 Å². The molecule has 0 fully saturated rings. The minimum absolute atomic E-state index is 0.214. The number of carbonyl (C=O) groups excluding carboxylic acids is 1. The number of rotatable bonds is 13. The molecule has 31 heavy (non-hydrogen) atoms. The summed E-state index contributed by atoms with van der Waals surface area (Å²) < 4.78 is 12.8. The van der Waals surface area contributed by atoms with Crippen LogP contribution in [-0.4, -0.2) is 28.9 Å². The molecule has 0 unspecified atom stereocenters. The Bertz CT molecular complexity index is 851. The Morgan fingerprint density at radius 1 is 0.871 bits per heavy atom. The van der Waals surface area contributed by atoms with Crippen molar-refractivity contribution in [2.24, 2.45) is 7.05 Å². The average Bonchev–Trinajstić information content (AvgIpc) is 2.79. The van der Waals surface area contributed by atoms with Gasteiger partial charge in [0.15, 0.2) is 0 Å². The molecule has 0 aliphatic heterocycles. The number of hydrogen-bond acceptors (Lipinski definition) is 3. The fourth-order valence-electron chi connectivity index (χ4n) is 4.30. The van der Waals surface area contributed by atoms with Crippen LogP contribution in [0.2, 0.25) is 13.3 Å². The number of esters is 1. The molecule has 0 saturated carbocycles.